The Bertz CT molecular complexity index is 1280. The molecule has 8 heteroatoms. The summed E-state index contributed by atoms with van der Waals surface area (Å²) in [4.78, 5) is 26.9. The molecule has 4 aromatic rings. The van der Waals surface area contributed by atoms with E-state index in [4.69, 9.17) is 4.42 Å². The van der Waals surface area contributed by atoms with Gasteiger partial charge in [0.25, 0.3) is 5.69 Å². The molecular formula is C22H14FN3O4. The van der Waals surface area contributed by atoms with Crippen LogP contribution in [-0.2, 0) is 4.79 Å². The number of amides is 1. The van der Waals surface area contributed by atoms with Crippen molar-refractivity contribution in [3.8, 4) is 11.5 Å². The monoisotopic (exact) mass is 403 g/mol. The Kier molecular flexibility index (Phi) is 5.04. The molecule has 1 amide bonds. The van der Waals surface area contributed by atoms with E-state index < -0.39 is 10.8 Å². The molecule has 0 radical (unpaired) electrons. The minimum absolute atomic E-state index is 0.0500. The van der Waals surface area contributed by atoms with Crippen LogP contribution in [0.15, 0.2) is 77.2 Å². The van der Waals surface area contributed by atoms with Crippen molar-refractivity contribution < 1.29 is 18.5 Å². The highest BCUT2D eigenvalue weighted by atomic mass is 19.1. The molecule has 3 aromatic carbocycles. The topological polar surface area (TPSA) is 98.3 Å². The van der Waals surface area contributed by atoms with Gasteiger partial charge in [-0.2, -0.15) is 0 Å². The first-order chi connectivity index (χ1) is 14.5. The Hall–Kier alpha value is -4.33. The highest BCUT2D eigenvalue weighted by Crippen LogP contribution is 2.26. The Morgan fingerprint density at radius 1 is 1.10 bits per heavy atom. The fourth-order valence-electron chi connectivity index (χ4n) is 2.82. The summed E-state index contributed by atoms with van der Waals surface area (Å²) >= 11 is 0. The summed E-state index contributed by atoms with van der Waals surface area (Å²) in [6, 6.07) is 16.8. The summed E-state index contributed by atoms with van der Waals surface area (Å²) in [5.41, 5.74) is 2.70. The van der Waals surface area contributed by atoms with Crippen LogP contribution in [0.3, 0.4) is 0 Å². The summed E-state index contributed by atoms with van der Waals surface area (Å²) in [5.74, 6) is -0.403. The number of halogens is 1. The van der Waals surface area contributed by atoms with Gasteiger partial charge in [-0.15, -0.1) is 0 Å². The Morgan fingerprint density at radius 2 is 1.90 bits per heavy atom. The number of non-ortho nitro benzene ring substituents is 1. The van der Waals surface area contributed by atoms with E-state index in [2.05, 4.69) is 10.3 Å². The highest BCUT2D eigenvalue weighted by molar-refractivity contribution is 6.02. The molecule has 30 heavy (non-hydrogen) atoms. The number of carbonyl (C=O) groups excluding carboxylic acids is 1. The van der Waals surface area contributed by atoms with Crippen molar-refractivity contribution in [3.05, 3.63) is 94.3 Å². The van der Waals surface area contributed by atoms with E-state index in [0.717, 1.165) is 0 Å². The average Bonchev–Trinajstić information content (AvgIpc) is 3.16. The van der Waals surface area contributed by atoms with Gasteiger partial charge >= 0.3 is 0 Å². The molecule has 0 saturated carbocycles. The Balaban J connectivity index is 1.49. The van der Waals surface area contributed by atoms with Gasteiger partial charge in [0.05, 0.1) is 4.92 Å². The zero-order valence-electron chi connectivity index (χ0n) is 15.4. The molecule has 0 saturated heterocycles. The number of benzene rings is 3. The SMILES string of the molecule is O=C(/C=C/c1cccc([N+](=O)[O-])c1)Nc1ccc2oc(-c3ccc(F)cc3)nc2c1. The number of nitrogens with one attached hydrogen (secondary N) is 1. The quantitative estimate of drug-likeness (QED) is 0.281. The normalized spacial score (nSPS) is 11.1. The van der Waals surface area contributed by atoms with Crippen molar-refractivity contribution in [1.82, 2.24) is 4.98 Å². The standard InChI is InChI=1S/C22H14FN3O4/c23-16-7-5-15(6-8-16)22-25-19-13-17(9-10-20(19)30-22)24-21(27)11-4-14-2-1-3-18(12-14)26(28)29/h1-13H,(H,24,27)/b11-4+. The van der Waals surface area contributed by atoms with Crippen molar-refractivity contribution >= 4 is 34.5 Å². The lowest BCUT2D eigenvalue weighted by molar-refractivity contribution is -0.384. The molecule has 1 N–H and O–H groups in total. The Labute approximate surface area is 169 Å². The molecule has 1 aromatic heterocycles. The van der Waals surface area contributed by atoms with Crippen molar-refractivity contribution in [2.75, 3.05) is 5.32 Å². The lowest BCUT2D eigenvalue weighted by Crippen LogP contribution is -2.07. The van der Waals surface area contributed by atoms with E-state index >= 15 is 0 Å². The van der Waals surface area contributed by atoms with E-state index in [0.29, 0.717) is 33.8 Å². The van der Waals surface area contributed by atoms with E-state index in [9.17, 15) is 19.3 Å². The maximum absolute atomic E-state index is 13.1. The van der Waals surface area contributed by atoms with Crippen LogP contribution >= 0.6 is 0 Å². The highest BCUT2D eigenvalue weighted by Gasteiger charge is 2.10. The number of nitro groups is 1. The molecule has 0 atom stereocenters. The number of hydrogen-bond acceptors (Lipinski definition) is 5. The number of anilines is 1. The number of aromatic nitrogens is 1. The van der Waals surface area contributed by atoms with Gasteiger partial charge in [0.2, 0.25) is 11.8 Å². The molecule has 0 spiro atoms. The van der Waals surface area contributed by atoms with Gasteiger partial charge in [-0.25, -0.2) is 9.37 Å². The molecular weight excluding hydrogens is 389 g/mol. The predicted octanol–water partition coefficient (Wildman–Crippen LogP) is 5.19. The molecule has 0 aliphatic heterocycles. The minimum Gasteiger partial charge on any atom is -0.436 e. The van der Waals surface area contributed by atoms with E-state index in [1.807, 2.05) is 0 Å². The first kappa shape index (κ1) is 19.0. The molecule has 0 bridgehead atoms. The summed E-state index contributed by atoms with van der Waals surface area (Å²) in [6.07, 6.45) is 2.78. The van der Waals surface area contributed by atoms with Gasteiger partial charge < -0.3 is 9.73 Å². The van der Waals surface area contributed by atoms with E-state index in [1.54, 1.807) is 42.5 Å². The third-order valence-corrected chi connectivity index (χ3v) is 4.25. The van der Waals surface area contributed by atoms with E-state index in [1.165, 1.54) is 36.4 Å². The lowest BCUT2D eigenvalue weighted by atomic mass is 10.2. The second kappa shape index (κ2) is 7.96. The lowest BCUT2D eigenvalue weighted by Gasteiger charge is -2.01. The summed E-state index contributed by atoms with van der Waals surface area (Å²) in [7, 11) is 0. The first-order valence-corrected chi connectivity index (χ1v) is 8.88. The summed E-state index contributed by atoms with van der Waals surface area (Å²) in [6.45, 7) is 0. The number of fused-ring (bicyclic) bond motifs is 1. The molecule has 4 rings (SSSR count). The van der Waals surface area contributed by atoms with Crippen molar-refractivity contribution in [1.29, 1.82) is 0 Å². The third-order valence-electron chi connectivity index (χ3n) is 4.25. The van der Waals surface area contributed by atoms with Gasteiger partial charge in [-0.1, -0.05) is 12.1 Å². The van der Waals surface area contributed by atoms with Gasteiger partial charge in [0, 0.05) is 29.5 Å². The fraction of sp³-hybridized carbons (Fsp3) is 0. The van der Waals surface area contributed by atoms with Crippen LogP contribution in [-0.4, -0.2) is 15.8 Å². The number of nitrogens with zero attached hydrogens (tertiary/aromatic N) is 2. The molecule has 1 heterocycles. The van der Waals surface area contributed by atoms with Crippen molar-refractivity contribution in [3.63, 3.8) is 0 Å². The minimum atomic E-state index is -0.495. The second-order valence-electron chi connectivity index (χ2n) is 6.38. The molecule has 0 aliphatic rings. The van der Waals surface area contributed by atoms with Gasteiger partial charge in [-0.05, 0) is 54.1 Å². The van der Waals surface area contributed by atoms with Crippen LogP contribution in [0.2, 0.25) is 0 Å². The zero-order chi connectivity index (χ0) is 21.1. The smallest absolute Gasteiger partial charge is 0.270 e. The number of rotatable bonds is 5. The molecule has 7 nitrogen and oxygen atoms in total. The van der Waals surface area contributed by atoms with Crippen LogP contribution in [0.1, 0.15) is 5.56 Å². The average molecular weight is 403 g/mol. The summed E-state index contributed by atoms with van der Waals surface area (Å²) < 4.78 is 18.8. The van der Waals surface area contributed by atoms with Crippen LogP contribution < -0.4 is 5.32 Å². The number of hydrogen-bond donors (Lipinski definition) is 1. The fourth-order valence-corrected chi connectivity index (χ4v) is 2.82. The van der Waals surface area contributed by atoms with Crippen molar-refractivity contribution in [2.24, 2.45) is 0 Å². The van der Waals surface area contributed by atoms with Gasteiger partial charge in [0.15, 0.2) is 5.58 Å². The van der Waals surface area contributed by atoms with E-state index in [-0.39, 0.29) is 11.5 Å². The van der Waals surface area contributed by atoms with Crippen molar-refractivity contribution in [2.45, 2.75) is 0 Å². The van der Waals surface area contributed by atoms with Crippen LogP contribution in [0.25, 0.3) is 28.6 Å². The number of oxazole rings is 1. The Morgan fingerprint density at radius 3 is 2.67 bits per heavy atom. The van der Waals surface area contributed by atoms with Crippen LogP contribution in [0.5, 0.6) is 0 Å². The zero-order valence-corrected chi connectivity index (χ0v) is 15.4. The predicted molar refractivity (Wildman–Crippen MR) is 110 cm³/mol. The van der Waals surface area contributed by atoms with Crippen LogP contribution in [0, 0.1) is 15.9 Å². The van der Waals surface area contributed by atoms with Gasteiger partial charge in [-0.3, -0.25) is 14.9 Å². The third kappa shape index (κ3) is 4.22. The maximum atomic E-state index is 13.1. The van der Waals surface area contributed by atoms with Crippen LogP contribution in [0.4, 0.5) is 15.8 Å². The maximum Gasteiger partial charge on any atom is 0.270 e. The summed E-state index contributed by atoms with van der Waals surface area (Å²) in [5, 5.41) is 13.5. The molecule has 0 fully saturated rings. The second-order valence-corrected chi connectivity index (χ2v) is 6.38. The first-order valence-electron chi connectivity index (χ1n) is 8.88. The molecule has 0 aliphatic carbocycles. The number of nitro benzene ring substituents is 1. The number of carbonyl (C=O) groups is 1. The molecule has 0 unspecified atom stereocenters. The largest absolute Gasteiger partial charge is 0.436 e. The molecule has 148 valence electrons. The van der Waals surface area contributed by atoms with Gasteiger partial charge in [0.1, 0.15) is 11.3 Å².